The van der Waals surface area contributed by atoms with Crippen molar-refractivity contribution in [1.82, 2.24) is 4.90 Å². The Hall–Kier alpha value is -3.78. The van der Waals surface area contributed by atoms with E-state index in [1.165, 1.54) is 0 Å². The number of hydrogen-bond donors (Lipinski definition) is 1. The van der Waals surface area contributed by atoms with E-state index in [0.29, 0.717) is 30.3 Å². The molecule has 4 rings (SSSR count). The molecule has 3 amide bonds. The highest BCUT2D eigenvalue weighted by atomic mass is 32.2. The lowest BCUT2D eigenvalue weighted by atomic mass is 10.1. The molecule has 0 atom stereocenters. The third kappa shape index (κ3) is 5.01. The standard InChI is InChI=1S/C25H22N2O5S/c1-2-31-21-12-16(13-22-24(29)27(14-23(26)28)25(30)33-22)10-11-20(21)32-15-18-8-5-7-17-6-3-4-9-19(17)18/h3-13H,2,14-15H2,1H3,(H2,26,28)/b22-13-. The van der Waals surface area contributed by atoms with Gasteiger partial charge in [-0.05, 0) is 58.8 Å². The van der Waals surface area contributed by atoms with Gasteiger partial charge in [0, 0.05) is 0 Å². The molecular formula is C25H22N2O5S. The summed E-state index contributed by atoms with van der Waals surface area (Å²) in [6, 6.07) is 19.5. The smallest absolute Gasteiger partial charge is 0.294 e. The second-order valence-corrected chi connectivity index (χ2v) is 8.29. The first-order valence-electron chi connectivity index (χ1n) is 10.4. The van der Waals surface area contributed by atoms with Crippen LogP contribution in [-0.2, 0) is 16.2 Å². The first-order chi connectivity index (χ1) is 16.0. The lowest BCUT2D eigenvalue weighted by Crippen LogP contribution is -2.36. The molecule has 168 valence electrons. The van der Waals surface area contributed by atoms with E-state index in [1.807, 2.05) is 31.2 Å². The molecular weight excluding hydrogens is 440 g/mol. The van der Waals surface area contributed by atoms with E-state index in [1.54, 1.807) is 24.3 Å². The summed E-state index contributed by atoms with van der Waals surface area (Å²) in [5.74, 6) is -0.186. The predicted octanol–water partition coefficient (Wildman–Crippen LogP) is 4.34. The van der Waals surface area contributed by atoms with Gasteiger partial charge in [-0.1, -0.05) is 48.5 Å². The number of carbonyl (C=O) groups excluding carboxylic acids is 3. The summed E-state index contributed by atoms with van der Waals surface area (Å²) in [4.78, 5) is 36.7. The number of amides is 3. The molecule has 3 aromatic carbocycles. The average Bonchev–Trinajstić information content (AvgIpc) is 3.05. The molecule has 0 aromatic heterocycles. The Balaban J connectivity index is 1.55. The van der Waals surface area contributed by atoms with Crippen molar-refractivity contribution < 1.29 is 23.9 Å². The van der Waals surface area contributed by atoms with Gasteiger partial charge in [-0.15, -0.1) is 0 Å². The number of hydrogen-bond acceptors (Lipinski definition) is 6. The van der Waals surface area contributed by atoms with Crippen LogP contribution in [-0.4, -0.2) is 35.1 Å². The number of nitrogens with two attached hydrogens (primary N) is 1. The Bertz CT molecular complexity index is 1270. The molecule has 7 nitrogen and oxygen atoms in total. The zero-order valence-corrected chi connectivity index (χ0v) is 18.8. The van der Waals surface area contributed by atoms with Crippen molar-refractivity contribution >= 4 is 45.7 Å². The predicted molar refractivity (Wildman–Crippen MR) is 128 cm³/mol. The lowest BCUT2D eigenvalue weighted by molar-refractivity contribution is -0.127. The first kappa shape index (κ1) is 22.4. The summed E-state index contributed by atoms with van der Waals surface area (Å²) in [6.07, 6.45) is 1.59. The normalized spacial score (nSPS) is 14.8. The summed E-state index contributed by atoms with van der Waals surface area (Å²) in [6.45, 7) is 2.24. The Morgan fingerprint density at radius 2 is 1.82 bits per heavy atom. The fourth-order valence-electron chi connectivity index (χ4n) is 3.52. The first-order valence-corrected chi connectivity index (χ1v) is 11.2. The number of thioether (sulfide) groups is 1. The minimum absolute atomic E-state index is 0.216. The van der Waals surface area contributed by atoms with Gasteiger partial charge in [-0.3, -0.25) is 19.3 Å². The molecule has 0 spiro atoms. The van der Waals surface area contributed by atoms with Crippen molar-refractivity contribution in [3.63, 3.8) is 0 Å². The number of rotatable bonds is 8. The summed E-state index contributed by atoms with van der Waals surface area (Å²) in [5.41, 5.74) is 6.85. The van der Waals surface area contributed by atoms with Crippen molar-refractivity contribution in [2.45, 2.75) is 13.5 Å². The molecule has 0 radical (unpaired) electrons. The molecule has 0 unspecified atom stereocenters. The number of benzene rings is 3. The highest BCUT2D eigenvalue weighted by Gasteiger charge is 2.35. The molecule has 3 aromatic rings. The van der Waals surface area contributed by atoms with Crippen molar-refractivity contribution in [2.24, 2.45) is 5.73 Å². The van der Waals surface area contributed by atoms with Gasteiger partial charge < -0.3 is 15.2 Å². The minimum Gasteiger partial charge on any atom is -0.490 e. The molecule has 1 heterocycles. The monoisotopic (exact) mass is 462 g/mol. The van der Waals surface area contributed by atoms with E-state index in [-0.39, 0.29) is 4.91 Å². The van der Waals surface area contributed by atoms with Crippen LogP contribution >= 0.6 is 11.8 Å². The average molecular weight is 463 g/mol. The van der Waals surface area contributed by atoms with E-state index in [0.717, 1.165) is 33.0 Å². The zero-order chi connectivity index (χ0) is 23.4. The molecule has 1 aliphatic heterocycles. The number of carbonyl (C=O) groups is 3. The molecule has 2 N–H and O–H groups in total. The van der Waals surface area contributed by atoms with E-state index >= 15 is 0 Å². The summed E-state index contributed by atoms with van der Waals surface area (Å²) >= 11 is 0.769. The summed E-state index contributed by atoms with van der Waals surface area (Å²) in [7, 11) is 0. The highest BCUT2D eigenvalue weighted by molar-refractivity contribution is 8.18. The maximum absolute atomic E-state index is 12.5. The van der Waals surface area contributed by atoms with Crippen LogP contribution in [0.4, 0.5) is 4.79 Å². The molecule has 1 aliphatic rings. The van der Waals surface area contributed by atoms with Gasteiger partial charge in [-0.25, -0.2) is 0 Å². The number of fused-ring (bicyclic) bond motifs is 1. The van der Waals surface area contributed by atoms with Crippen LogP contribution in [0.3, 0.4) is 0 Å². The van der Waals surface area contributed by atoms with Crippen LogP contribution in [0.1, 0.15) is 18.1 Å². The van der Waals surface area contributed by atoms with Crippen LogP contribution in [0.15, 0.2) is 65.6 Å². The summed E-state index contributed by atoms with van der Waals surface area (Å²) < 4.78 is 11.8. The van der Waals surface area contributed by atoms with Crippen LogP contribution in [0.2, 0.25) is 0 Å². The Kier molecular flexibility index (Phi) is 6.65. The van der Waals surface area contributed by atoms with Crippen molar-refractivity contribution in [3.8, 4) is 11.5 Å². The van der Waals surface area contributed by atoms with Crippen molar-refractivity contribution in [2.75, 3.05) is 13.2 Å². The molecule has 0 bridgehead atoms. The second kappa shape index (κ2) is 9.79. The molecule has 0 aliphatic carbocycles. The maximum Gasteiger partial charge on any atom is 0.294 e. The van der Waals surface area contributed by atoms with E-state index in [4.69, 9.17) is 15.2 Å². The molecule has 33 heavy (non-hydrogen) atoms. The number of nitrogens with zero attached hydrogens (tertiary/aromatic N) is 1. The van der Waals surface area contributed by atoms with Gasteiger partial charge in [0.1, 0.15) is 13.2 Å². The van der Waals surface area contributed by atoms with E-state index in [2.05, 4.69) is 18.2 Å². The van der Waals surface area contributed by atoms with Gasteiger partial charge in [-0.2, -0.15) is 0 Å². The van der Waals surface area contributed by atoms with Crippen molar-refractivity contribution in [1.29, 1.82) is 0 Å². The topological polar surface area (TPSA) is 98.9 Å². The lowest BCUT2D eigenvalue weighted by Gasteiger charge is -2.14. The number of ether oxygens (including phenoxy) is 2. The van der Waals surface area contributed by atoms with Crippen molar-refractivity contribution in [3.05, 3.63) is 76.7 Å². The second-order valence-electron chi connectivity index (χ2n) is 7.30. The third-order valence-electron chi connectivity index (χ3n) is 5.02. The largest absolute Gasteiger partial charge is 0.490 e. The number of imide groups is 1. The fourth-order valence-corrected chi connectivity index (χ4v) is 4.36. The van der Waals surface area contributed by atoms with Gasteiger partial charge in [0.25, 0.3) is 11.1 Å². The SMILES string of the molecule is CCOc1cc(/C=C2\SC(=O)N(CC(N)=O)C2=O)ccc1OCc1cccc2ccccc12. The highest BCUT2D eigenvalue weighted by Crippen LogP contribution is 2.35. The fraction of sp³-hybridized carbons (Fsp3) is 0.160. The van der Waals surface area contributed by atoms with E-state index in [9.17, 15) is 14.4 Å². The molecule has 0 saturated carbocycles. The van der Waals surface area contributed by atoms with E-state index < -0.39 is 23.6 Å². The quantitative estimate of drug-likeness (QED) is 0.500. The molecule has 1 fully saturated rings. The van der Waals surface area contributed by atoms with Crippen LogP contribution < -0.4 is 15.2 Å². The van der Waals surface area contributed by atoms with Gasteiger partial charge in [0.15, 0.2) is 11.5 Å². The van der Waals surface area contributed by atoms with Crippen LogP contribution in [0.5, 0.6) is 11.5 Å². The summed E-state index contributed by atoms with van der Waals surface area (Å²) in [5, 5.41) is 1.75. The Labute approximate surface area is 195 Å². The van der Waals surface area contributed by atoms with Gasteiger partial charge in [0.2, 0.25) is 5.91 Å². The Morgan fingerprint density at radius 1 is 1.03 bits per heavy atom. The number of primary amides is 1. The maximum atomic E-state index is 12.5. The molecule has 1 saturated heterocycles. The van der Waals surface area contributed by atoms with Gasteiger partial charge >= 0.3 is 0 Å². The van der Waals surface area contributed by atoms with Crippen LogP contribution in [0, 0.1) is 0 Å². The zero-order valence-electron chi connectivity index (χ0n) is 17.9. The molecule has 8 heteroatoms. The third-order valence-corrected chi connectivity index (χ3v) is 5.92. The van der Waals surface area contributed by atoms with Crippen LogP contribution in [0.25, 0.3) is 16.8 Å². The minimum atomic E-state index is -0.745. The van der Waals surface area contributed by atoms with Gasteiger partial charge in [0.05, 0.1) is 11.5 Å². The Morgan fingerprint density at radius 3 is 2.61 bits per heavy atom.